The number of nitrogens with one attached hydrogen (secondary N) is 1. The number of hydrogen-bond donors (Lipinski definition) is 2. The molecule has 0 unspecified atom stereocenters. The number of rotatable bonds is 8. The van der Waals surface area contributed by atoms with Gasteiger partial charge in [-0.1, -0.05) is 103 Å². The van der Waals surface area contributed by atoms with Crippen LogP contribution in [0, 0.1) is 0 Å². The van der Waals surface area contributed by atoms with Crippen molar-refractivity contribution in [3.05, 3.63) is 132 Å². The summed E-state index contributed by atoms with van der Waals surface area (Å²) in [4.78, 5) is 13.5. The molecule has 0 aliphatic heterocycles. The molecule has 0 aliphatic rings. The fourth-order valence-electron chi connectivity index (χ4n) is 4.00. The molecule has 0 saturated carbocycles. The minimum atomic E-state index is -0.389. The number of ether oxygens (including phenoxy) is 1. The lowest BCUT2D eigenvalue weighted by Gasteiger charge is -2.12. The van der Waals surface area contributed by atoms with Gasteiger partial charge >= 0.3 is 0 Å². The van der Waals surface area contributed by atoms with Gasteiger partial charge in [-0.2, -0.15) is 5.10 Å². The number of anilines is 2. The van der Waals surface area contributed by atoms with Gasteiger partial charge in [0.1, 0.15) is 12.3 Å². The molecule has 5 rings (SSSR count). The maximum absolute atomic E-state index is 13.5. The SMILES string of the molecule is Nc1ccccc1NC(=O)c1nn(Cc2ccccc2)c(-c2ccccc2)c1OCc1ccccc1. The van der Waals surface area contributed by atoms with Crippen molar-refractivity contribution < 1.29 is 9.53 Å². The summed E-state index contributed by atoms with van der Waals surface area (Å²) in [7, 11) is 0. The van der Waals surface area contributed by atoms with Crippen LogP contribution in [0.2, 0.25) is 0 Å². The summed E-state index contributed by atoms with van der Waals surface area (Å²) in [5.41, 5.74) is 11.0. The predicted molar refractivity (Wildman–Crippen MR) is 143 cm³/mol. The number of para-hydroxylation sites is 2. The Bertz CT molecular complexity index is 1450. The summed E-state index contributed by atoms with van der Waals surface area (Å²) >= 11 is 0. The fourth-order valence-corrected chi connectivity index (χ4v) is 4.00. The second-order valence-corrected chi connectivity index (χ2v) is 8.35. The van der Waals surface area contributed by atoms with Crippen LogP contribution in [0.4, 0.5) is 11.4 Å². The first kappa shape index (κ1) is 22.9. The normalized spacial score (nSPS) is 10.7. The largest absolute Gasteiger partial charge is 0.484 e. The molecule has 1 aromatic heterocycles. The minimum absolute atomic E-state index is 0.198. The van der Waals surface area contributed by atoms with Gasteiger partial charge in [-0.3, -0.25) is 9.48 Å². The second kappa shape index (κ2) is 10.6. The van der Waals surface area contributed by atoms with E-state index in [2.05, 4.69) is 5.32 Å². The lowest BCUT2D eigenvalue weighted by Crippen LogP contribution is -2.15. The topological polar surface area (TPSA) is 82.2 Å². The van der Waals surface area contributed by atoms with Crippen LogP contribution >= 0.6 is 0 Å². The van der Waals surface area contributed by atoms with Gasteiger partial charge in [-0.25, -0.2) is 0 Å². The van der Waals surface area contributed by atoms with Crippen molar-refractivity contribution in [3.8, 4) is 17.0 Å². The van der Waals surface area contributed by atoms with Gasteiger partial charge in [0, 0.05) is 5.56 Å². The lowest BCUT2D eigenvalue weighted by atomic mass is 10.1. The number of carbonyl (C=O) groups is 1. The van der Waals surface area contributed by atoms with E-state index in [9.17, 15) is 4.79 Å². The highest BCUT2D eigenvalue weighted by Crippen LogP contribution is 2.35. The molecule has 0 spiro atoms. The van der Waals surface area contributed by atoms with Crippen LogP contribution in [0.1, 0.15) is 21.6 Å². The zero-order chi connectivity index (χ0) is 24.7. The molecule has 1 amide bonds. The third kappa shape index (κ3) is 5.13. The van der Waals surface area contributed by atoms with E-state index in [-0.39, 0.29) is 11.6 Å². The Labute approximate surface area is 210 Å². The van der Waals surface area contributed by atoms with Crippen LogP contribution in [0.15, 0.2) is 115 Å². The van der Waals surface area contributed by atoms with Crippen molar-refractivity contribution in [2.75, 3.05) is 11.1 Å². The molecule has 3 N–H and O–H groups in total. The molecule has 0 saturated heterocycles. The van der Waals surface area contributed by atoms with Crippen LogP contribution < -0.4 is 15.8 Å². The number of nitrogen functional groups attached to an aromatic ring is 1. The molecule has 0 atom stereocenters. The number of nitrogens with zero attached hydrogens (tertiary/aromatic N) is 2. The summed E-state index contributed by atoms with van der Waals surface area (Å²) < 4.78 is 8.17. The molecule has 0 fully saturated rings. The first-order valence-electron chi connectivity index (χ1n) is 11.7. The van der Waals surface area contributed by atoms with E-state index in [0.29, 0.717) is 30.3 Å². The van der Waals surface area contributed by atoms with Crippen LogP contribution in [0.3, 0.4) is 0 Å². The number of benzene rings is 4. The Balaban J connectivity index is 1.60. The Morgan fingerprint density at radius 3 is 2.03 bits per heavy atom. The van der Waals surface area contributed by atoms with E-state index in [4.69, 9.17) is 15.6 Å². The number of nitrogens with two attached hydrogens (primary N) is 1. The van der Waals surface area contributed by atoms with Crippen LogP contribution in [0.5, 0.6) is 5.75 Å². The average molecular weight is 475 g/mol. The Morgan fingerprint density at radius 2 is 1.36 bits per heavy atom. The van der Waals surface area contributed by atoms with Crippen molar-refractivity contribution >= 4 is 17.3 Å². The van der Waals surface area contributed by atoms with Gasteiger partial charge in [0.05, 0.1) is 17.9 Å². The molecular formula is C30H26N4O2. The maximum Gasteiger partial charge on any atom is 0.280 e. The number of carbonyl (C=O) groups excluding carboxylic acids is 1. The van der Waals surface area contributed by atoms with E-state index in [1.165, 1.54) is 0 Å². The number of hydrogen-bond acceptors (Lipinski definition) is 4. The molecule has 5 aromatic rings. The molecule has 0 radical (unpaired) electrons. The molecule has 6 heteroatoms. The molecule has 6 nitrogen and oxygen atoms in total. The van der Waals surface area contributed by atoms with Crippen molar-refractivity contribution in [1.82, 2.24) is 9.78 Å². The first-order chi connectivity index (χ1) is 17.7. The van der Waals surface area contributed by atoms with Gasteiger partial charge in [-0.15, -0.1) is 0 Å². The number of amides is 1. The standard InChI is InChI=1S/C30H26N4O2/c31-25-18-10-11-19-26(25)32-30(35)27-29(36-21-23-14-6-2-7-15-23)28(24-16-8-3-9-17-24)34(33-27)20-22-12-4-1-5-13-22/h1-19H,20-21,31H2,(H,32,35). The molecule has 1 heterocycles. The smallest absolute Gasteiger partial charge is 0.280 e. The molecule has 36 heavy (non-hydrogen) atoms. The summed E-state index contributed by atoms with van der Waals surface area (Å²) in [5.74, 6) is 0.0351. The van der Waals surface area contributed by atoms with Gasteiger partial charge in [0.15, 0.2) is 11.4 Å². The van der Waals surface area contributed by atoms with Gasteiger partial charge in [-0.05, 0) is 23.3 Å². The van der Waals surface area contributed by atoms with E-state index in [0.717, 1.165) is 22.4 Å². The van der Waals surface area contributed by atoms with Crippen LogP contribution in [0.25, 0.3) is 11.3 Å². The van der Waals surface area contributed by atoms with Gasteiger partial charge < -0.3 is 15.8 Å². The Morgan fingerprint density at radius 1 is 0.778 bits per heavy atom. The molecule has 0 bridgehead atoms. The lowest BCUT2D eigenvalue weighted by molar-refractivity contribution is 0.101. The van der Waals surface area contributed by atoms with Crippen LogP contribution in [-0.4, -0.2) is 15.7 Å². The zero-order valence-corrected chi connectivity index (χ0v) is 19.7. The van der Waals surface area contributed by atoms with E-state index in [1.54, 1.807) is 12.1 Å². The summed E-state index contributed by atoms with van der Waals surface area (Å²) in [6.07, 6.45) is 0. The Kier molecular flexibility index (Phi) is 6.76. The highest BCUT2D eigenvalue weighted by Gasteiger charge is 2.26. The molecule has 178 valence electrons. The van der Waals surface area contributed by atoms with Gasteiger partial charge in [0.2, 0.25) is 0 Å². The average Bonchev–Trinajstić information content (AvgIpc) is 3.28. The zero-order valence-electron chi connectivity index (χ0n) is 19.7. The molecule has 0 aliphatic carbocycles. The summed E-state index contributed by atoms with van der Waals surface area (Å²) in [6.45, 7) is 0.777. The molecule has 4 aromatic carbocycles. The second-order valence-electron chi connectivity index (χ2n) is 8.35. The van der Waals surface area contributed by atoms with E-state index in [1.807, 2.05) is 108 Å². The summed E-state index contributed by atoms with van der Waals surface area (Å²) in [5, 5.41) is 7.66. The van der Waals surface area contributed by atoms with Crippen molar-refractivity contribution in [3.63, 3.8) is 0 Å². The first-order valence-corrected chi connectivity index (χ1v) is 11.7. The van der Waals surface area contributed by atoms with Crippen molar-refractivity contribution in [2.45, 2.75) is 13.2 Å². The summed E-state index contributed by atoms with van der Waals surface area (Å²) in [6, 6.07) is 36.9. The predicted octanol–water partition coefficient (Wildman–Crippen LogP) is 6.01. The maximum atomic E-state index is 13.5. The minimum Gasteiger partial charge on any atom is -0.484 e. The van der Waals surface area contributed by atoms with Gasteiger partial charge in [0.25, 0.3) is 5.91 Å². The van der Waals surface area contributed by atoms with E-state index >= 15 is 0 Å². The highest BCUT2D eigenvalue weighted by molar-refractivity contribution is 6.07. The molecular weight excluding hydrogens is 448 g/mol. The highest BCUT2D eigenvalue weighted by atomic mass is 16.5. The fraction of sp³-hybridized carbons (Fsp3) is 0.0667. The Hall–Kier alpha value is -4.84. The van der Waals surface area contributed by atoms with Crippen molar-refractivity contribution in [1.29, 1.82) is 0 Å². The third-order valence-corrected chi connectivity index (χ3v) is 5.78. The van der Waals surface area contributed by atoms with E-state index < -0.39 is 0 Å². The van der Waals surface area contributed by atoms with Crippen molar-refractivity contribution in [2.24, 2.45) is 0 Å². The quantitative estimate of drug-likeness (QED) is 0.270. The monoisotopic (exact) mass is 474 g/mol. The third-order valence-electron chi connectivity index (χ3n) is 5.78. The van der Waals surface area contributed by atoms with Crippen LogP contribution in [-0.2, 0) is 13.2 Å². The number of aromatic nitrogens is 2.